The Morgan fingerprint density at radius 1 is 1.03 bits per heavy atom. The molecule has 0 spiro atoms. The third kappa shape index (κ3) is 4.50. The number of methoxy groups -OCH3 is 1. The molecule has 160 valence electrons. The van der Waals surface area contributed by atoms with E-state index < -0.39 is 11.9 Å². The first kappa shape index (κ1) is 21.9. The van der Waals surface area contributed by atoms with E-state index in [-0.39, 0.29) is 11.0 Å². The molecular formula is C25H30O5. The van der Waals surface area contributed by atoms with E-state index in [0.717, 1.165) is 36.1 Å². The van der Waals surface area contributed by atoms with Crippen LogP contribution in [0, 0.1) is 0 Å². The molecule has 0 bridgehead atoms. The Hall–Kier alpha value is -2.82. The first-order valence-electron chi connectivity index (χ1n) is 10.3. The second-order valence-electron chi connectivity index (χ2n) is 9.08. The van der Waals surface area contributed by atoms with E-state index in [9.17, 15) is 9.59 Å². The fraction of sp³-hybridized carbons (Fsp3) is 0.440. The van der Waals surface area contributed by atoms with Gasteiger partial charge >= 0.3 is 11.9 Å². The maximum atomic E-state index is 13.1. The highest BCUT2D eigenvalue weighted by Gasteiger charge is 2.40. The van der Waals surface area contributed by atoms with Crippen molar-refractivity contribution in [1.29, 1.82) is 0 Å². The molecule has 5 nitrogen and oxygen atoms in total. The van der Waals surface area contributed by atoms with Gasteiger partial charge in [-0.1, -0.05) is 27.2 Å². The van der Waals surface area contributed by atoms with Gasteiger partial charge in [0.2, 0.25) is 0 Å². The number of esters is 2. The van der Waals surface area contributed by atoms with Crippen LogP contribution in [0.15, 0.2) is 36.4 Å². The molecule has 0 fully saturated rings. The SMILES string of the molecule is CCCc1cc2c(cc1C(=O)Oc1ccc(C(=O)OC)cc1)C(C)(C)CC(C)(C)O2. The van der Waals surface area contributed by atoms with Crippen molar-refractivity contribution in [3.63, 3.8) is 0 Å². The Balaban J connectivity index is 1.94. The van der Waals surface area contributed by atoms with Gasteiger partial charge in [0.15, 0.2) is 0 Å². The number of fused-ring (bicyclic) bond motifs is 1. The zero-order chi connectivity index (χ0) is 22.1. The van der Waals surface area contributed by atoms with Crippen LogP contribution in [0.2, 0.25) is 0 Å². The van der Waals surface area contributed by atoms with Crippen molar-refractivity contribution in [3.8, 4) is 11.5 Å². The lowest BCUT2D eigenvalue weighted by Gasteiger charge is -2.42. The van der Waals surface area contributed by atoms with Crippen LogP contribution in [0.1, 0.15) is 79.3 Å². The molecule has 1 heterocycles. The van der Waals surface area contributed by atoms with Crippen LogP contribution in [0.5, 0.6) is 11.5 Å². The Bertz CT molecular complexity index is 954. The fourth-order valence-corrected chi connectivity index (χ4v) is 4.33. The molecule has 0 aliphatic carbocycles. The van der Waals surface area contributed by atoms with Crippen molar-refractivity contribution in [2.45, 2.75) is 64.9 Å². The average molecular weight is 411 g/mol. The van der Waals surface area contributed by atoms with Gasteiger partial charge < -0.3 is 14.2 Å². The predicted molar refractivity (Wildman–Crippen MR) is 116 cm³/mol. The normalized spacial score (nSPS) is 16.2. The molecule has 30 heavy (non-hydrogen) atoms. The minimum absolute atomic E-state index is 0.126. The second kappa shape index (κ2) is 8.13. The molecule has 1 aliphatic rings. The summed E-state index contributed by atoms with van der Waals surface area (Å²) < 4.78 is 16.6. The van der Waals surface area contributed by atoms with Crippen molar-refractivity contribution in [2.24, 2.45) is 0 Å². The van der Waals surface area contributed by atoms with E-state index in [1.165, 1.54) is 7.11 Å². The van der Waals surface area contributed by atoms with E-state index >= 15 is 0 Å². The molecule has 1 aliphatic heterocycles. The van der Waals surface area contributed by atoms with Gasteiger partial charge in [-0.05, 0) is 74.1 Å². The number of aryl methyl sites for hydroxylation is 1. The van der Waals surface area contributed by atoms with Gasteiger partial charge in [-0.25, -0.2) is 9.59 Å². The van der Waals surface area contributed by atoms with Gasteiger partial charge in [-0.3, -0.25) is 0 Å². The van der Waals surface area contributed by atoms with Crippen molar-refractivity contribution in [3.05, 3.63) is 58.7 Å². The molecule has 3 rings (SSSR count). The summed E-state index contributed by atoms with van der Waals surface area (Å²) in [4.78, 5) is 24.6. The van der Waals surface area contributed by atoms with Gasteiger partial charge in [0, 0.05) is 5.56 Å². The van der Waals surface area contributed by atoms with Crippen LogP contribution < -0.4 is 9.47 Å². The lowest BCUT2D eigenvalue weighted by atomic mass is 9.73. The maximum absolute atomic E-state index is 13.1. The summed E-state index contributed by atoms with van der Waals surface area (Å²) in [6.45, 7) is 10.6. The molecule has 0 aromatic heterocycles. The number of ether oxygens (including phenoxy) is 3. The monoisotopic (exact) mass is 410 g/mol. The zero-order valence-electron chi connectivity index (χ0n) is 18.6. The summed E-state index contributed by atoms with van der Waals surface area (Å²) in [6.07, 6.45) is 2.51. The molecule has 0 unspecified atom stereocenters. The van der Waals surface area contributed by atoms with Crippen LogP contribution in [0.3, 0.4) is 0 Å². The summed E-state index contributed by atoms with van der Waals surface area (Å²) in [5.74, 6) is 0.383. The lowest BCUT2D eigenvalue weighted by Crippen LogP contribution is -2.41. The van der Waals surface area contributed by atoms with Crippen LogP contribution in [-0.4, -0.2) is 24.6 Å². The van der Waals surface area contributed by atoms with Crippen molar-refractivity contribution >= 4 is 11.9 Å². The van der Waals surface area contributed by atoms with Gasteiger partial charge in [-0.2, -0.15) is 0 Å². The average Bonchev–Trinajstić information content (AvgIpc) is 2.66. The smallest absolute Gasteiger partial charge is 0.343 e. The zero-order valence-corrected chi connectivity index (χ0v) is 18.6. The third-order valence-electron chi connectivity index (χ3n) is 5.41. The topological polar surface area (TPSA) is 61.8 Å². The minimum Gasteiger partial charge on any atom is -0.488 e. The Labute approximate surface area is 178 Å². The van der Waals surface area contributed by atoms with E-state index in [1.54, 1.807) is 24.3 Å². The van der Waals surface area contributed by atoms with E-state index in [1.807, 2.05) is 12.1 Å². The second-order valence-corrected chi connectivity index (χ2v) is 9.08. The van der Waals surface area contributed by atoms with Crippen LogP contribution in [-0.2, 0) is 16.6 Å². The molecule has 2 aromatic rings. The molecule has 0 saturated heterocycles. The van der Waals surface area contributed by atoms with Gasteiger partial charge in [0.05, 0.1) is 18.2 Å². The van der Waals surface area contributed by atoms with Crippen molar-refractivity contribution < 1.29 is 23.8 Å². The first-order valence-corrected chi connectivity index (χ1v) is 10.3. The minimum atomic E-state index is -0.432. The highest BCUT2D eigenvalue weighted by molar-refractivity contribution is 5.94. The highest BCUT2D eigenvalue weighted by atomic mass is 16.5. The van der Waals surface area contributed by atoms with E-state index in [4.69, 9.17) is 14.2 Å². The molecule has 0 radical (unpaired) electrons. The van der Waals surface area contributed by atoms with Gasteiger partial charge in [-0.15, -0.1) is 0 Å². The molecule has 2 aromatic carbocycles. The standard InChI is InChI=1S/C25H30O5/c1-7-8-17-13-21-20(24(2,3)15-25(4,5)30-21)14-19(17)23(27)29-18-11-9-16(10-12-18)22(26)28-6/h9-14H,7-8,15H2,1-6H3. The Morgan fingerprint density at radius 2 is 1.70 bits per heavy atom. The quantitative estimate of drug-likeness (QED) is 0.482. The Kier molecular flexibility index (Phi) is 5.93. The van der Waals surface area contributed by atoms with Gasteiger partial charge in [0.25, 0.3) is 0 Å². The van der Waals surface area contributed by atoms with Crippen LogP contribution in [0.4, 0.5) is 0 Å². The summed E-state index contributed by atoms with van der Waals surface area (Å²) in [6, 6.07) is 10.3. The summed E-state index contributed by atoms with van der Waals surface area (Å²) in [5.41, 5.74) is 2.52. The molecule has 0 atom stereocenters. The molecule has 5 heteroatoms. The third-order valence-corrected chi connectivity index (χ3v) is 5.41. The summed E-state index contributed by atoms with van der Waals surface area (Å²) in [7, 11) is 1.33. The fourth-order valence-electron chi connectivity index (χ4n) is 4.33. The predicted octanol–water partition coefficient (Wildman–Crippen LogP) is 5.48. The van der Waals surface area contributed by atoms with Crippen LogP contribution in [0.25, 0.3) is 0 Å². The largest absolute Gasteiger partial charge is 0.488 e. The number of carbonyl (C=O) groups is 2. The summed E-state index contributed by atoms with van der Waals surface area (Å²) in [5, 5.41) is 0. The number of benzene rings is 2. The Morgan fingerprint density at radius 3 is 2.30 bits per heavy atom. The lowest BCUT2D eigenvalue weighted by molar-refractivity contribution is 0.0530. The number of carbonyl (C=O) groups excluding carboxylic acids is 2. The number of hydrogen-bond donors (Lipinski definition) is 0. The first-order chi connectivity index (χ1) is 14.1. The molecule has 0 saturated carbocycles. The highest BCUT2D eigenvalue weighted by Crippen LogP contribution is 2.45. The van der Waals surface area contributed by atoms with Gasteiger partial charge in [0.1, 0.15) is 17.1 Å². The number of hydrogen-bond acceptors (Lipinski definition) is 5. The van der Waals surface area contributed by atoms with E-state index in [0.29, 0.717) is 16.9 Å². The van der Waals surface area contributed by atoms with Crippen molar-refractivity contribution in [2.75, 3.05) is 7.11 Å². The molecular weight excluding hydrogens is 380 g/mol. The summed E-state index contributed by atoms with van der Waals surface area (Å²) >= 11 is 0. The molecule has 0 amide bonds. The van der Waals surface area contributed by atoms with E-state index in [2.05, 4.69) is 34.6 Å². The molecule has 0 N–H and O–H groups in total. The van der Waals surface area contributed by atoms with Crippen LogP contribution >= 0.6 is 0 Å². The number of rotatable bonds is 5. The maximum Gasteiger partial charge on any atom is 0.343 e. The van der Waals surface area contributed by atoms with Crippen molar-refractivity contribution in [1.82, 2.24) is 0 Å².